The number of aliphatic hydroxyl groups excluding tert-OH is 1. The van der Waals surface area contributed by atoms with Crippen molar-refractivity contribution in [3.8, 4) is 0 Å². The molecule has 2 heterocycles. The zero-order valence-electron chi connectivity index (χ0n) is 15.1. The Morgan fingerprint density at radius 2 is 2.00 bits per heavy atom. The minimum absolute atomic E-state index is 0.0598. The van der Waals surface area contributed by atoms with E-state index >= 15 is 0 Å². The molecular weight excluding hydrogens is 328 g/mol. The van der Waals surface area contributed by atoms with E-state index in [1.165, 1.54) is 11.1 Å². The number of aliphatic hydroxyl groups is 1. The topological polar surface area (TPSA) is 70.4 Å². The molecule has 26 heavy (non-hydrogen) atoms. The molecule has 6 heteroatoms. The molecule has 6 nitrogen and oxygen atoms in total. The van der Waals surface area contributed by atoms with E-state index < -0.39 is 0 Å². The van der Waals surface area contributed by atoms with Gasteiger partial charge in [-0.2, -0.15) is 5.10 Å². The van der Waals surface area contributed by atoms with Crippen LogP contribution in [0.1, 0.15) is 42.0 Å². The quantitative estimate of drug-likeness (QED) is 0.829. The Labute approximate surface area is 153 Å². The number of hydrogen-bond donors (Lipinski definition) is 2. The van der Waals surface area contributed by atoms with Crippen LogP contribution >= 0.6 is 0 Å². The number of aryl methyl sites for hydroxylation is 1. The van der Waals surface area contributed by atoms with Gasteiger partial charge in [0, 0.05) is 44.9 Å². The molecule has 0 bridgehead atoms. The molecule has 0 radical (unpaired) electrons. The van der Waals surface area contributed by atoms with Crippen molar-refractivity contribution in [1.29, 1.82) is 0 Å². The van der Waals surface area contributed by atoms with Gasteiger partial charge in [-0.05, 0) is 29.9 Å². The number of hydrogen-bond acceptors (Lipinski definition) is 4. The Balaban J connectivity index is 1.32. The third kappa shape index (κ3) is 3.66. The lowest BCUT2D eigenvalue weighted by atomic mass is 9.75. The molecule has 2 aromatic rings. The lowest BCUT2D eigenvalue weighted by molar-refractivity contribution is -0.123. The summed E-state index contributed by atoms with van der Waals surface area (Å²) in [5.41, 5.74) is 3.75. The van der Waals surface area contributed by atoms with Crippen LogP contribution in [0, 0.1) is 5.92 Å². The number of carbonyl (C=O) groups is 1. The minimum atomic E-state index is -0.237. The predicted octanol–water partition coefficient (Wildman–Crippen LogP) is 1.75. The number of benzene rings is 1. The second-order valence-electron chi connectivity index (χ2n) is 7.61. The van der Waals surface area contributed by atoms with Gasteiger partial charge in [-0.15, -0.1) is 0 Å². The Morgan fingerprint density at radius 3 is 2.58 bits per heavy atom. The number of amides is 1. The standard InChI is InChI=1S/C20H26N4O2/c1-23-11-17(10-21-23)20(16-8-18(25)9-16)22-19(26)6-7-24-12-14-4-2-3-5-15(14)13-24/h2-5,10-11,16,18,20,25H,6-9,12-13H2,1H3,(H,22,26). The molecule has 1 fully saturated rings. The van der Waals surface area contributed by atoms with Gasteiger partial charge in [0.05, 0.1) is 18.3 Å². The van der Waals surface area contributed by atoms with Crippen molar-refractivity contribution >= 4 is 5.91 Å². The fourth-order valence-electron chi connectivity index (χ4n) is 4.04. The monoisotopic (exact) mass is 354 g/mol. The number of nitrogens with one attached hydrogen (secondary N) is 1. The molecule has 2 aliphatic rings. The maximum absolute atomic E-state index is 12.6. The largest absolute Gasteiger partial charge is 0.393 e. The van der Waals surface area contributed by atoms with Gasteiger partial charge in [0.15, 0.2) is 0 Å². The van der Waals surface area contributed by atoms with Crippen LogP contribution in [0.25, 0.3) is 0 Å². The third-order valence-electron chi connectivity index (χ3n) is 5.58. The normalized spacial score (nSPS) is 23.3. The highest BCUT2D eigenvalue weighted by Gasteiger charge is 2.36. The van der Waals surface area contributed by atoms with Crippen LogP contribution in [0.15, 0.2) is 36.7 Å². The molecule has 2 N–H and O–H groups in total. The van der Waals surface area contributed by atoms with E-state index in [4.69, 9.17) is 0 Å². The van der Waals surface area contributed by atoms with Gasteiger partial charge >= 0.3 is 0 Å². The minimum Gasteiger partial charge on any atom is -0.393 e. The zero-order chi connectivity index (χ0) is 18.1. The molecule has 1 aliphatic carbocycles. The van der Waals surface area contributed by atoms with Crippen molar-refractivity contribution in [2.45, 2.75) is 44.5 Å². The summed E-state index contributed by atoms with van der Waals surface area (Å²) in [5.74, 6) is 0.352. The number of aromatic nitrogens is 2. The van der Waals surface area contributed by atoms with Gasteiger partial charge in [-0.3, -0.25) is 14.4 Å². The molecular formula is C20H26N4O2. The fourth-order valence-corrected chi connectivity index (χ4v) is 4.04. The first-order valence-corrected chi connectivity index (χ1v) is 9.33. The first-order valence-electron chi connectivity index (χ1n) is 9.33. The predicted molar refractivity (Wildman–Crippen MR) is 98.0 cm³/mol. The smallest absolute Gasteiger partial charge is 0.221 e. The van der Waals surface area contributed by atoms with Crippen molar-refractivity contribution in [2.75, 3.05) is 6.54 Å². The van der Waals surface area contributed by atoms with E-state index in [0.29, 0.717) is 6.42 Å². The number of nitrogens with zero attached hydrogens (tertiary/aromatic N) is 3. The molecule has 1 saturated carbocycles. The zero-order valence-corrected chi connectivity index (χ0v) is 15.1. The Bertz CT molecular complexity index is 757. The van der Waals surface area contributed by atoms with Gasteiger partial charge in [0.25, 0.3) is 0 Å². The summed E-state index contributed by atoms with van der Waals surface area (Å²) in [6, 6.07) is 8.41. The lowest BCUT2D eigenvalue weighted by Gasteiger charge is -2.37. The van der Waals surface area contributed by atoms with Gasteiger partial charge < -0.3 is 10.4 Å². The van der Waals surface area contributed by atoms with Gasteiger partial charge in [-0.25, -0.2) is 0 Å². The molecule has 1 aromatic carbocycles. The average molecular weight is 354 g/mol. The second-order valence-corrected chi connectivity index (χ2v) is 7.61. The summed E-state index contributed by atoms with van der Waals surface area (Å²) in [7, 11) is 1.88. The van der Waals surface area contributed by atoms with Gasteiger partial charge in [-0.1, -0.05) is 24.3 Å². The maximum atomic E-state index is 12.6. The highest BCUT2D eigenvalue weighted by atomic mass is 16.3. The summed E-state index contributed by atoms with van der Waals surface area (Å²) in [6.45, 7) is 2.60. The molecule has 1 aliphatic heterocycles. The Morgan fingerprint density at radius 1 is 1.31 bits per heavy atom. The van der Waals surface area contributed by atoms with E-state index in [1.807, 2.05) is 19.4 Å². The Hall–Kier alpha value is -2.18. The number of carbonyl (C=O) groups excluding carboxylic acids is 1. The average Bonchev–Trinajstić information content (AvgIpc) is 3.21. The van der Waals surface area contributed by atoms with Gasteiger partial charge in [0.2, 0.25) is 5.91 Å². The summed E-state index contributed by atoms with van der Waals surface area (Å²) in [5, 5.41) is 17.1. The number of fused-ring (bicyclic) bond motifs is 1. The molecule has 1 aromatic heterocycles. The van der Waals surface area contributed by atoms with Crippen molar-refractivity contribution in [1.82, 2.24) is 20.0 Å². The Kier molecular flexibility index (Phi) is 4.78. The van der Waals surface area contributed by atoms with Crippen molar-refractivity contribution < 1.29 is 9.90 Å². The van der Waals surface area contributed by atoms with Crippen LogP contribution in [0.3, 0.4) is 0 Å². The summed E-state index contributed by atoms with van der Waals surface area (Å²) < 4.78 is 1.75. The molecule has 4 rings (SSSR count). The van der Waals surface area contributed by atoms with Crippen molar-refractivity contribution in [3.63, 3.8) is 0 Å². The van der Waals surface area contributed by atoms with Crippen molar-refractivity contribution in [3.05, 3.63) is 53.3 Å². The molecule has 0 spiro atoms. The summed E-state index contributed by atoms with van der Waals surface area (Å²) in [4.78, 5) is 14.9. The fraction of sp³-hybridized carbons (Fsp3) is 0.500. The molecule has 1 atom stereocenters. The first kappa shape index (κ1) is 17.2. The van der Waals surface area contributed by atoms with E-state index in [2.05, 4.69) is 39.6 Å². The van der Waals surface area contributed by atoms with Crippen LogP contribution in [-0.2, 0) is 24.9 Å². The number of rotatable bonds is 6. The second kappa shape index (κ2) is 7.21. The summed E-state index contributed by atoms with van der Waals surface area (Å²) in [6.07, 6.45) is 5.49. The highest BCUT2D eigenvalue weighted by molar-refractivity contribution is 5.76. The van der Waals surface area contributed by atoms with E-state index in [9.17, 15) is 9.90 Å². The lowest BCUT2D eigenvalue weighted by Crippen LogP contribution is -2.41. The first-order chi connectivity index (χ1) is 12.6. The highest BCUT2D eigenvalue weighted by Crippen LogP contribution is 2.38. The van der Waals surface area contributed by atoms with Crippen LogP contribution in [0.5, 0.6) is 0 Å². The molecule has 1 unspecified atom stereocenters. The van der Waals surface area contributed by atoms with Crippen LogP contribution in [0.2, 0.25) is 0 Å². The van der Waals surface area contributed by atoms with Crippen LogP contribution in [0.4, 0.5) is 0 Å². The van der Waals surface area contributed by atoms with Crippen molar-refractivity contribution in [2.24, 2.45) is 13.0 Å². The summed E-state index contributed by atoms with van der Waals surface area (Å²) >= 11 is 0. The SMILES string of the molecule is Cn1cc(C(NC(=O)CCN2Cc3ccccc3C2)C2CC(O)C2)cn1. The van der Waals surface area contributed by atoms with E-state index in [-0.39, 0.29) is 24.0 Å². The third-order valence-corrected chi connectivity index (χ3v) is 5.58. The van der Waals surface area contributed by atoms with Gasteiger partial charge in [0.1, 0.15) is 0 Å². The molecule has 138 valence electrons. The molecule has 0 saturated heterocycles. The van der Waals surface area contributed by atoms with E-state index in [0.717, 1.165) is 38.0 Å². The van der Waals surface area contributed by atoms with Crippen LogP contribution < -0.4 is 5.32 Å². The molecule has 1 amide bonds. The van der Waals surface area contributed by atoms with Crippen LogP contribution in [-0.4, -0.2) is 38.3 Å². The van der Waals surface area contributed by atoms with E-state index in [1.54, 1.807) is 4.68 Å². The maximum Gasteiger partial charge on any atom is 0.221 e.